The van der Waals surface area contributed by atoms with E-state index in [2.05, 4.69) is 46.8 Å². The van der Waals surface area contributed by atoms with Crippen LogP contribution in [0.5, 0.6) is 0 Å². The minimum atomic E-state index is -0.0647. The SMILES string of the molecule is CC(C)n1c(CN2CCC[C@H](C(=O)Nc3ccc(Cl)c(Cl)c3)C2)nc2ccccc21. The van der Waals surface area contributed by atoms with Gasteiger partial charge in [-0.1, -0.05) is 35.3 Å². The molecule has 1 aliphatic heterocycles. The summed E-state index contributed by atoms with van der Waals surface area (Å²) in [6.45, 7) is 6.79. The molecule has 1 aliphatic rings. The molecule has 0 saturated carbocycles. The van der Waals surface area contributed by atoms with Crippen molar-refractivity contribution in [2.24, 2.45) is 5.92 Å². The van der Waals surface area contributed by atoms with E-state index in [0.717, 1.165) is 42.8 Å². The number of rotatable bonds is 5. The Kier molecular flexibility index (Phi) is 6.32. The maximum absolute atomic E-state index is 12.8. The smallest absolute Gasteiger partial charge is 0.228 e. The standard InChI is InChI=1S/C23H26Cl2N4O/c1-15(2)29-21-8-4-3-7-20(21)27-22(29)14-28-11-5-6-16(13-28)23(30)26-17-9-10-18(24)19(25)12-17/h3-4,7-10,12,15-16H,5-6,11,13-14H2,1-2H3,(H,26,30)/t16-/m0/s1. The third kappa shape index (κ3) is 4.48. The van der Waals surface area contributed by atoms with Gasteiger partial charge in [-0.2, -0.15) is 0 Å². The normalized spacial score (nSPS) is 17.6. The van der Waals surface area contributed by atoms with Gasteiger partial charge in [0, 0.05) is 18.3 Å². The van der Waals surface area contributed by atoms with E-state index in [1.807, 2.05) is 6.07 Å². The molecule has 2 heterocycles. The Hall–Kier alpha value is -2.08. The molecule has 7 heteroatoms. The lowest BCUT2D eigenvalue weighted by Crippen LogP contribution is -2.40. The highest BCUT2D eigenvalue weighted by molar-refractivity contribution is 6.42. The lowest BCUT2D eigenvalue weighted by Gasteiger charge is -2.32. The van der Waals surface area contributed by atoms with Crippen molar-refractivity contribution in [2.75, 3.05) is 18.4 Å². The highest BCUT2D eigenvalue weighted by atomic mass is 35.5. The molecule has 1 fully saturated rings. The van der Waals surface area contributed by atoms with Crippen molar-refractivity contribution < 1.29 is 4.79 Å². The molecule has 0 spiro atoms. The summed E-state index contributed by atoms with van der Waals surface area (Å²) in [7, 11) is 0. The highest BCUT2D eigenvalue weighted by Gasteiger charge is 2.27. The summed E-state index contributed by atoms with van der Waals surface area (Å²) in [6, 6.07) is 13.7. The molecule has 30 heavy (non-hydrogen) atoms. The van der Waals surface area contributed by atoms with Crippen molar-refractivity contribution in [3.05, 3.63) is 58.3 Å². The number of nitrogens with zero attached hydrogens (tertiary/aromatic N) is 3. The third-order valence-electron chi connectivity index (χ3n) is 5.61. The summed E-state index contributed by atoms with van der Waals surface area (Å²) in [5, 5.41) is 3.90. The van der Waals surface area contributed by atoms with E-state index >= 15 is 0 Å². The zero-order valence-corrected chi connectivity index (χ0v) is 18.7. The van der Waals surface area contributed by atoms with Crippen LogP contribution in [0.3, 0.4) is 0 Å². The van der Waals surface area contributed by atoms with Crippen molar-refractivity contribution in [3.8, 4) is 0 Å². The summed E-state index contributed by atoms with van der Waals surface area (Å²) in [4.78, 5) is 20.1. The highest BCUT2D eigenvalue weighted by Crippen LogP contribution is 2.27. The molecule has 1 atom stereocenters. The summed E-state index contributed by atoms with van der Waals surface area (Å²) >= 11 is 12.0. The van der Waals surface area contributed by atoms with Crippen molar-refractivity contribution in [3.63, 3.8) is 0 Å². The molecule has 5 nitrogen and oxygen atoms in total. The maximum Gasteiger partial charge on any atom is 0.228 e. The molecule has 1 saturated heterocycles. The molecule has 4 rings (SSSR count). The number of imidazole rings is 1. The van der Waals surface area contributed by atoms with Crippen LogP contribution in [-0.2, 0) is 11.3 Å². The summed E-state index contributed by atoms with van der Waals surface area (Å²) < 4.78 is 2.30. The number of amides is 1. The second kappa shape index (κ2) is 8.96. The minimum absolute atomic E-state index is 0.0236. The van der Waals surface area contributed by atoms with Gasteiger partial charge in [0.2, 0.25) is 5.91 Å². The Bertz CT molecular complexity index is 1060. The number of halogens is 2. The fraction of sp³-hybridized carbons (Fsp3) is 0.391. The molecule has 1 N–H and O–H groups in total. The lowest BCUT2D eigenvalue weighted by molar-refractivity contribution is -0.121. The van der Waals surface area contributed by atoms with Crippen LogP contribution in [0.1, 0.15) is 38.6 Å². The van der Waals surface area contributed by atoms with Gasteiger partial charge in [0.25, 0.3) is 0 Å². The molecule has 0 unspecified atom stereocenters. The molecular formula is C23H26Cl2N4O. The second-order valence-electron chi connectivity index (χ2n) is 8.17. The zero-order chi connectivity index (χ0) is 21.3. The number of anilines is 1. The van der Waals surface area contributed by atoms with Gasteiger partial charge in [-0.05, 0) is 63.6 Å². The first-order chi connectivity index (χ1) is 14.4. The number of carbonyl (C=O) groups is 1. The summed E-state index contributed by atoms with van der Waals surface area (Å²) in [5.41, 5.74) is 2.86. The van der Waals surface area contributed by atoms with Crippen LogP contribution >= 0.6 is 23.2 Å². The predicted octanol–water partition coefficient (Wildman–Crippen LogP) is 5.77. The molecule has 0 bridgehead atoms. The van der Waals surface area contributed by atoms with E-state index in [9.17, 15) is 4.79 Å². The molecule has 0 radical (unpaired) electrons. The van der Waals surface area contributed by atoms with E-state index in [4.69, 9.17) is 28.2 Å². The molecule has 158 valence electrons. The number of benzene rings is 2. The molecule has 1 aromatic heterocycles. The topological polar surface area (TPSA) is 50.2 Å². The number of hydrogen-bond acceptors (Lipinski definition) is 3. The van der Waals surface area contributed by atoms with E-state index in [-0.39, 0.29) is 11.8 Å². The Morgan fingerprint density at radius 1 is 1.20 bits per heavy atom. The molecule has 0 aliphatic carbocycles. The second-order valence-corrected chi connectivity index (χ2v) is 8.99. The van der Waals surface area contributed by atoms with Crippen molar-refractivity contribution in [2.45, 2.75) is 39.3 Å². The first kappa shape index (κ1) is 21.2. The molecule has 2 aromatic carbocycles. The maximum atomic E-state index is 12.8. The minimum Gasteiger partial charge on any atom is -0.326 e. The first-order valence-electron chi connectivity index (χ1n) is 10.4. The van der Waals surface area contributed by atoms with Crippen LogP contribution in [0.25, 0.3) is 11.0 Å². The van der Waals surface area contributed by atoms with Crippen molar-refractivity contribution >= 4 is 45.8 Å². The third-order valence-corrected chi connectivity index (χ3v) is 6.35. The van der Waals surface area contributed by atoms with Gasteiger partial charge >= 0.3 is 0 Å². The van der Waals surface area contributed by atoms with E-state index in [1.54, 1.807) is 18.2 Å². The summed E-state index contributed by atoms with van der Waals surface area (Å²) in [5.74, 6) is 1.01. The Morgan fingerprint density at radius 3 is 2.77 bits per heavy atom. The van der Waals surface area contributed by atoms with Crippen LogP contribution in [0.2, 0.25) is 10.0 Å². The zero-order valence-electron chi connectivity index (χ0n) is 17.2. The van der Waals surface area contributed by atoms with Gasteiger partial charge in [-0.15, -0.1) is 0 Å². The van der Waals surface area contributed by atoms with Gasteiger partial charge in [-0.25, -0.2) is 4.98 Å². The predicted molar refractivity (Wildman–Crippen MR) is 123 cm³/mol. The Balaban J connectivity index is 1.46. The average molecular weight is 445 g/mol. The Labute approximate surface area is 187 Å². The number of likely N-dealkylation sites (tertiary alicyclic amines) is 1. The molecule has 1 amide bonds. The van der Waals surface area contributed by atoms with Gasteiger partial charge in [0.15, 0.2) is 0 Å². The van der Waals surface area contributed by atoms with E-state index in [0.29, 0.717) is 28.3 Å². The van der Waals surface area contributed by atoms with Gasteiger partial charge in [-0.3, -0.25) is 9.69 Å². The van der Waals surface area contributed by atoms with E-state index in [1.165, 1.54) is 0 Å². The molecule has 3 aromatic rings. The number of fused-ring (bicyclic) bond motifs is 1. The number of hydrogen-bond donors (Lipinski definition) is 1. The number of carbonyl (C=O) groups excluding carboxylic acids is 1. The van der Waals surface area contributed by atoms with Crippen LogP contribution in [0.15, 0.2) is 42.5 Å². The quantitative estimate of drug-likeness (QED) is 0.542. The number of para-hydroxylation sites is 2. The number of nitrogens with one attached hydrogen (secondary N) is 1. The van der Waals surface area contributed by atoms with Crippen molar-refractivity contribution in [1.82, 2.24) is 14.5 Å². The molecular weight excluding hydrogens is 419 g/mol. The fourth-order valence-electron chi connectivity index (χ4n) is 4.21. The average Bonchev–Trinajstić information content (AvgIpc) is 3.09. The van der Waals surface area contributed by atoms with E-state index < -0.39 is 0 Å². The number of aromatic nitrogens is 2. The fourth-order valence-corrected chi connectivity index (χ4v) is 4.51. The largest absolute Gasteiger partial charge is 0.326 e. The van der Waals surface area contributed by atoms with Crippen LogP contribution in [0, 0.1) is 5.92 Å². The van der Waals surface area contributed by atoms with Gasteiger partial charge in [0.1, 0.15) is 5.82 Å². The van der Waals surface area contributed by atoms with Crippen LogP contribution in [0.4, 0.5) is 5.69 Å². The monoisotopic (exact) mass is 444 g/mol. The first-order valence-corrected chi connectivity index (χ1v) is 11.1. The van der Waals surface area contributed by atoms with Crippen LogP contribution < -0.4 is 5.32 Å². The van der Waals surface area contributed by atoms with Crippen molar-refractivity contribution in [1.29, 1.82) is 0 Å². The van der Waals surface area contributed by atoms with Gasteiger partial charge in [0.05, 0.1) is 33.5 Å². The van der Waals surface area contributed by atoms with Gasteiger partial charge < -0.3 is 9.88 Å². The Morgan fingerprint density at radius 2 is 2.00 bits per heavy atom. The summed E-state index contributed by atoms with van der Waals surface area (Å²) in [6.07, 6.45) is 1.87. The number of piperidine rings is 1. The lowest BCUT2D eigenvalue weighted by atomic mass is 9.97. The van der Waals surface area contributed by atoms with Crippen LogP contribution in [-0.4, -0.2) is 33.4 Å².